The summed E-state index contributed by atoms with van der Waals surface area (Å²) < 4.78 is 0. The average molecular weight is 266 g/mol. The van der Waals surface area contributed by atoms with Crippen molar-refractivity contribution in [2.24, 2.45) is 17.3 Å². The fraction of sp³-hybridized carbons (Fsp3) is 0.867. The number of carbonyl (C=O) groups is 2. The summed E-state index contributed by atoms with van der Waals surface area (Å²) in [5, 5.41) is 3.37. The van der Waals surface area contributed by atoms with E-state index in [0.29, 0.717) is 12.6 Å². The number of hydrogen-bond donors (Lipinski definition) is 1. The Bertz CT molecular complexity index is 354. The maximum absolute atomic E-state index is 12.1. The molecule has 1 saturated heterocycles. The second kappa shape index (κ2) is 5.23. The molecule has 4 nitrogen and oxygen atoms in total. The van der Waals surface area contributed by atoms with Gasteiger partial charge in [-0.2, -0.15) is 0 Å². The number of nitrogens with zero attached hydrogens (tertiary/aromatic N) is 1. The molecular formula is C15H26N2O2. The Balaban J connectivity index is 1.71. The van der Waals surface area contributed by atoms with Crippen LogP contribution in [0.25, 0.3) is 0 Å². The normalized spacial score (nSPS) is 29.6. The van der Waals surface area contributed by atoms with Crippen LogP contribution in [0, 0.1) is 17.3 Å². The first-order valence-electron chi connectivity index (χ1n) is 7.49. The minimum absolute atomic E-state index is 0.0271. The molecule has 0 aromatic heterocycles. The minimum atomic E-state index is -0.0791. The number of likely N-dealkylation sites (tertiary alicyclic amines) is 1. The van der Waals surface area contributed by atoms with Gasteiger partial charge in [-0.3, -0.25) is 14.5 Å². The summed E-state index contributed by atoms with van der Waals surface area (Å²) in [4.78, 5) is 25.7. The molecule has 0 aromatic rings. The number of imide groups is 1. The molecule has 2 rings (SSSR count). The van der Waals surface area contributed by atoms with Crippen molar-refractivity contribution >= 4 is 11.8 Å². The van der Waals surface area contributed by atoms with Crippen LogP contribution in [0.2, 0.25) is 0 Å². The summed E-state index contributed by atoms with van der Waals surface area (Å²) >= 11 is 0. The number of nitrogens with one attached hydrogen (secondary N) is 1. The van der Waals surface area contributed by atoms with Crippen molar-refractivity contribution in [1.82, 2.24) is 10.2 Å². The number of hydrogen-bond acceptors (Lipinski definition) is 3. The Kier molecular flexibility index (Phi) is 4.00. The second-order valence-electron chi connectivity index (χ2n) is 6.56. The van der Waals surface area contributed by atoms with Crippen LogP contribution >= 0.6 is 0 Å². The van der Waals surface area contributed by atoms with Crippen molar-refractivity contribution in [2.45, 2.75) is 53.0 Å². The summed E-state index contributed by atoms with van der Waals surface area (Å²) in [6, 6.07) is 0.516. The standard InChI is InChI=1S/C15H26N2O2/c1-5-16-10(2)8-6-7-9-17-13(18)11-12(14(17)19)15(11,3)4/h10-12,16H,5-9H2,1-4H3. The first-order chi connectivity index (χ1) is 8.91. The van der Waals surface area contributed by atoms with Gasteiger partial charge in [0.1, 0.15) is 0 Å². The molecule has 4 heteroatoms. The highest BCUT2D eigenvalue weighted by molar-refractivity contribution is 6.10. The Morgan fingerprint density at radius 2 is 1.79 bits per heavy atom. The first kappa shape index (κ1) is 14.5. The smallest absolute Gasteiger partial charge is 0.233 e. The van der Waals surface area contributed by atoms with Gasteiger partial charge in [0.05, 0.1) is 11.8 Å². The molecule has 1 saturated carbocycles. The maximum atomic E-state index is 12.1. The third-order valence-electron chi connectivity index (χ3n) is 4.71. The van der Waals surface area contributed by atoms with E-state index in [-0.39, 0.29) is 29.1 Å². The fourth-order valence-electron chi connectivity index (χ4n) is 3.40. The average Bonchev–Trinajstić information content (AvgIpc) is 2.79. The third kappa shape index (κ3) is 2.55. The van der Waals surface area contributed by atoms with Crippen molar-refractivity contribution < 1.29 is 9.59 Å². The quantitative estimate of drug-likeness (QED) is 0.564. The van der Waals surface area contributed by atoms with Gasteiger partial charge in [0.15, 0.2) is 0 Å². The Morgan fingerprint density at radius 3 is 2.32 bits per heavy atom. The summed E-state index contributed by atoms with van der Waals surface area (Å²) in [5.74, 6) is 0.0841. The monoisotopic (exact) mass is 266 g/mol. The Morgan fingerprint density at radius 1 is 1.21 bits per heavy atom. The molecule has 2 aliphatic rings. The van der Waals surface area contributed by atoms with E-state index in [2.05, 4.69) is 19.2 Å². The van der Waals surface area contributed by atoms with Crippen LogP contribution < -0.4 is 5.32 Å². The maximum Gasteiger partial charge on any atom is 0.233 e. The third-order valence-corrected chi connectivity index (χ3v) is 4.71. The Hall–Kier alpha value is -0.900. The van der Waals surface area contributed by atoms with Gasteiger partial charge in [-0.05, 0) is 31.7 Å². The lowest BCUT2D eigenvalue weighted by Crippen LogP contribution is -2.37. The largest absolute Gasteiger partial charge is 0.315 e. The summed E-state index contributed by atoms with van der Waals surface area (Å²) in [5.41, 5.74) is -0.0791. The molecular weight excluding hydrogens is 240 g/mol. The van der Waals surface area contributed by atoms with Crippen LogP contribution in [-0.4, -0.2) is 35.8 Å². The van der Waals surface area contributed by atoms with Crippen LogP contribution in [-0.2, 0) is 9.59 Å². The van der Waals surface area contributed by atoms with E-state index in [4.69, 9.17) is 0 Å². The van der Waals surface area contributed by atoms with Gasteiger partial charge in [-0.1, -0.05) is 27.2 Å². The highest BCUT2D eigenvalue weighted by atomic mass is 16.2. The summed E-state index contributed by atoms with van der Waals surface area (Å²) in [6.45, 7) is 9.92. The topological polar surface area (TPSA) is 49.4 Å². The number of carbonyl (C=O) groups excluding carboxylic acids is 2. The fourth-order valence-corrected chi connectivity index (χ4v) is 3.40. The number of piperidine rings is 1. The van der Waals surface area contributed by atoms with E-state index >= 15 is 0 Å². The molecule has 3 unspecified atom stereocenters. The lowest BCUT2D eigenvalue weighted by Gasteiger charge is -2.20. The van der Waals surface area contributed by atoms with E-state index in [1.54, 1.807) is 0 Å². The lowest BCUT2D eigenvalue weighted by atomic mass is 10.1. The molecule has 1 aliphatic heterocycles. The lowest BCUT2D eigenvalue weighted by molar-refractivity contribution is -0.143. The number of fused-ring (bicyclic) bond motifs is 1. The van der Waals surface area contributed by atoms with Gasteiger partial charge in [0.25, 0.3) is 0 Å². The van der Waals surface area contributed by atoms with Crippen LogP contribution in [0.15, 0.2) is 0 Å². The molecule has 1 N–H and O–H groups in total. The zero-order valence-corrected chi connectivity index (χ0v) is 12.5. The van der Waals surface area contributed by atoms with Gasteiger partial charge >= 0.3 is 0 Å². The van der Waals surface area contributed by atoms with Crippen LogP contribution in [0.4, 0.5) is 0 Å². The Labute approximate surface area is 115 Å². The van der Waals surface area contributed by atoms with E-state index in [0.717, 1.165) is 25.8 Å². The molecule has 2 amide bonds. The van der Waals surface area contributed by atoms with E-state index < -0.39 is 0 Å². The highest BCUT2D eigenvalue weighted by Gasteiger charge is 2.72. The molecule has 3 atom stereocenters. The zero-order chi connectivity index (χ0) is 14.2. The van der Waals surface area contributed by atoms with Crippen molar-refractivity contribution in [3.63, 3.8) is 0 Å². The molecule has 0 spiro atoms. The molecule has 1 aliphatic carbocycles. The van der Waals surface area contributed by atoms with Crippen LogP contribution in [0.1, 0.15) is 47.0 Å². The highest BCUT2D eigenvalue weighted by Crippen LogP contribution is 2.63. The van der Waals surface area contributed by atoms with Crippen molar-refractivity contribution in [1.29, 1.82) is 0 Å². The van der Waals surface area contributed by atoms with E-state index in [1.807, 2.05) is 13.8 Å². The molecule has 2 fully saturated rings. The molecule has 108 valence electrons. The van der Waals surface area contributed by atoms with Gasteiger partial charge in [0.2, 0.25) is 11.8 Å². The summed E-state index contributed by atoms with van der Waals surface area (Å²) in [6.07, 6.45) is 3.08. The van der Waals surface area contributed by atoms with Gasteiger partial charge in [-0.15, -0.1) is 0 Å². The molecule has 0 bridgehead atoms. The second-order valence-corrected chi connectivity index (χ2v) is 6.56. The summed E-state index contributed by atoms with van der Waals surface area (Å²) in [7, 11) is 0. The SMILES string of the molecule is CCNC(C)CCCCN1C(=O)C2C(C1=O)C2(C)C. The van der Waals surface area contributed by atoms with E-state index in [9.17, 15) is 9.59 Å². The minimum Gasteiger partial charge on any atom is -0.315 e. The first-order valence-corrected chi connectivity index (χ1v) is 7.49. The molecule has 1 heterocycles. The number of rotatable bonds is 7. The van der Waals surface area contributed by atoms with Gasteiger partial charge in [0, 0.05) is 12.6 Å². The van der Waals surface area contributed by atoms with Gasteiger partial charge in [-0.25, -0.2) is 0 Å². The van der Waals surface area contributed by atoms with E-state index in [1.165, 1.54) is 4.90 Å². The molecule has 0 radical (unpaired) electrons. The zero-order valence-electron chi connectivity index (χ0n) is 12.5. The van der Waals surface area contributed by atoms with Crippen molar-refractivity contribution in [3.05, 3.63) is 0 Å². The number of unbranched alkanes of at least 4 members (excludes halogenated alkanes) is 1. The molecule has 19 heavy (non-hydrogen) atoms. The predicted molar refractivity (Wildman–Crippen MR) is 74.5 cm³/mol. The van der Waals surface area contributed by atoms with Crippen LogP contribution in [0.5, 0.6) is 0 Å². The predicted octanol–water partition coefficient (Wildman–Crippen LogP) is 1.80. The van der Waals surface area contributed by atoms with Crippen molar-refractivity contribution in [2.75, 3.05) is 13.1 Å². The van der Waals surface area contributed by atoms with Crippen molar-refractivity contribution in [3.8, 4) is 0 Å². The van der Waals surface area contributed by atoms with Crippen LogP contribution in [0.3, 0.4) is 0 Å². The molecule has 0 aromatic carbocycles. The van der Waals surface area contributed by atoms with Gasteiger partial charge < -0.3 is 5.32 Å². The number of amides is 2.